The second-order valence-electron chi connectivity index (χ2n) is 4.55. The normalized spacial score (nSPS) is 11.4. The minimum absolute atomic E-state index is 0.436. The van der Waals surface area contributed by atoms with Gasteiger partial charge in [0.2, 0.25) is 0 Å². The van der Waals surface area contributed by atoms with Crippen molar-refractivity contribution in [1.29, 1.82) is 0 Å². The average molecular weight is 249 g/mol. The Morgan fingerprint density at radius 2 is 2.06 bits per heavy atom. The number of halogens is 1. The van der Waals surface area contributed by atoms with Gasteiger partial charge in [0.05, 0.1) is 5.52 Å². The van der Waals surface area contributed by atoms with Gasteiger partial charge in [0.1, 0.15) is 0 Å². The average Bonchev–Trinajstić information content (AvgIpc) is 2.29. The van der Waals surface area contributed by atoms with Gasteiger partial charge in [-0.15, -0.1) is 0 Å². The molecule has 0 aliphatic rings. The summed E-state index contributed by atoms with van der Waals surface area (Å²) in [6.45, 7) is 5.15. The van der Waals surface area contributed by atoms with Gasteiger partial charge in [-0.1, -0.05) is 25.4 Å². The summed E-state index contributed by atoms with van der Waals surface area (Å²) in [6.07, 6.45) is 0. The third-order valence-electron chi connectivity index (χ3n) is 2.83. The number of nitrogens with zero attached hydrogens (tertiary/aromatic N) is 1. The Morgan fingerprint density at radius 3 is 2.71 bits per heavy atom. The first-order chi connectivity index (χ1) is 8.11. The first-order valence-corrected chi connectivity index (χ1v) is 6.23. The Labute approximate surface area is 107 Å². The number of hydrogen-bond acceptors (Lipinski definition) is 2. The van der Waals surface area contributed by atoms with Crippen LogP contribution in [0.15, 0.2) is 24.3 Å². The monoisotopic (exact) mass is 248 g/mol. The van der Waals surface area contributed by atoms with Crippen LogP contribution in [-0.2, 0) is 6.54 Å². The van der Waals surface area contributed by atoms with Crippen LogP contribution in [0.4, 0.5) is 0 Å². The van der Waals surface area contributed by atoms with E-state index in [1.54, 1.807) is 0 Å². The molecule has 0 saturated heterocycles. The van der Waals surface area contributed by atoms with Crippen LogP contribution in [0.3, 0.4) is 0 Å². The van der Waals surface area contributed by atoms with Gasteiger partial charge < -0.3 is 5.32 Å². The summed E-state index contributed by atoms with van der Waals surface area (Å²) in [6, 6.07) is 8.04. The Kier molecular flexibility index (Phi) is 3.65. The second-order valence-corrected chi connectivity index (χ2v) is 4.99. The van der Waals surface area contributed by atoms with Crippen LogP contribution in [-0.4, -0.2) is 12.0 Å². The molecule has 0 radical (unpaired) electrons. The van der Waals surface area contributed by atoms with Crippen molar-refractivity contribution in [2.75, 3.05) is 7.05 Å². The molecule has 0 aliphatic heterocycles. The summed E-state index contributed by atoms with van der Waals surface area (Å²) in [7, 11) is 1.95. The number of benzene rings is 1. The second kappa shape index (κ2) is 5.03. The third kappa shape index (κ3) is 2.59. The Hall–Kier alpha value is -1.12. The lowest BCUT2D eigenvalue weighted by Gasteiger charge is -2.11. The predicted octanol–water partition coefficient (Wildman–Crippen LogP) is 3.73. The third-order valence-corrected chi connectivity index (χ3v) is 3.07. The molecule has 0 unspecified atom stereocenters. The highest BCUT2D eigenvalue weighted by molar-refractivity contribution is 6.31. The van der Waals surface area contributed by atoms with Gasteiger partial charge >= 0.3 is 0 Å². The lowest BCUT2D eigenvalue weighted by molar-refractivity contribution is 0.798. The Morgan fingerprint density at radius 1 is 1.29 bits per heavy atom. The summed E-state index contributed by atoms with van der Waals surface area (Å²) in [5, 5.41) is 5.08. The lowest BCUT2D eigenvalue weighted by Crippen LogP contribution is -2.07. The van der Waals surface area contributed by atoms with Gasteiger partial charge in [0.15, 0.2) is 0 Å². The molecule has 0 atom stereocenters. The van der Waals surface area contributed by atoms with Gasteiger partial charge in [0.25, 0.3) is 0 Å². The zero-order valence-electron chi connectivity index (χ0n) is 10.4. The maximum absolute atomic E-state index is 6.04. The van der Waals surface area contributed by atoms with E-state index in [-0.39, 0.29) is 0 Å². The zero-order chi connectivity index (χ0) is 12.4. The van der Waals surface area contributed by atoms with E-state index < -0.39 is 0 Å². The van der Waals surface area contributed by atoms with E-state index in [1.165, 1.54) is 5.56 Å². The molecule has 2 nitrogen and oxygen atoms in total. The van der Waals surface area contributed by atoms with Crippen molar-refractivity contribution in [1.82, 2.24) is 10.3 Å². The van der Waals surface area contributed by atoms with E-state index >= 15 is 0 Å². The minimum Gasteiger partial charge on any atom is -0.316 e. The molecule has 0 spiro atoms. The maximum Gasteiger partial charge on any atom is 0.0709 e. The Balaban J connectivity index is 2.67. The molecule has 0 bridgehead atoms. The van der Waals surface area contributed by atoms with Crippen molar-refractivity contribution in [2.24, 2.45) is 0 Å². The molecule has 0 amide bonds. The first kappa shape index (κ1) is 12.3. The molecular formula is C14H17ClN2. The van der Waals surface area contributed by atoms with Crippen LogP contribution >= 0.6 is 11.6 Å². The van der Waals surface area contributed by atoms with Crippen LogP contribution in [0.5, 0.6) is 0 Å². The SMILES string of the molecule is CNCc1cc(C(C)C)nc2ccc(Cl)cc12. The number of hydrogen-bond donors (Lipinski definition) is 1. The van der Waals surface area contributed by atoms with Gasteiger partial charge in [-0.05, 0) is 42.8 Å². The molecule has 90 valence electrons. The van der Waals surface area contributed by atoms with E-state index in [0.29, 0.717) is 5.92 Å². The zero-order valence-corrected chi connectivity index (χ0v) is 11.2. The van der Waals surface area contributed by atoms with Crippen molar-refractivity contribution in [3.63, 3.8) is 0 Å². The number of pyridine rings is 1. The smallest absolute Gasteiger partial charge is 0.0709 e. The summed E-state index contributed by atoms with van der Waals surface area (Å²) >= 11 is 6.04. The van der Waals surface area contributed by atoms with Gasteiger partial charge in [0, 0.05) is 22.6 Å². The number of aromatic nitrogens is 1. The van der Waals surface area contributed by atoms with Crippen LogP contribution in [0.2, 0.25) is 5.02 Å². The molecular weight excluding hydrogens is 232 g/mol. The fourth-order valence-corrected chi connectivity index (χ4v) is 2.10. The molecule has 1 aromatic carbocycles. The summed E-state index contributed by atoms with van der Waals surface area (Å²) in [5.41, 5.74) is 3.40. The highest BCUT2D eigenvalue weighted by Crippen LogP contribution is 2.25. The van der Waals surface area contributed by atoms with E-state index in [0.717, 1.165) is 28.2 Å². The Bertz CT molecular complexity index is 535. The molecule has 1 N–H and O–H groups in total. The molecule has 0 fully saturated rings. The van der Waals surface area contributed by atoms with Crippen LogP contribution in [0, 0.1) is 0 Å². The van der Waals surface area contributed by atoms with E-state index in [4.69, 9.17) is 11.6 Å². The maximum atomic E-state index is 6.04. The topological polar surface area (TPSA) is 24.9 Å². The van der Waals surface area contributed by atoms with Crippen LogP contribution in [0.25, 0.3) is 10.9 Å². The van der Waals surface area contributed by atoms with Gasteiger partial charge in [-0.25, -0.2) is 0 Å². The number of rotatable bonds is 3. The molecule has 1 heterocycles. The molecule has 3 heteroatoms. The highest BCUT2D eigenvalue weighted by atomic mass is 35.5. The summed E-state index contributed by atoms with van der Waals surface area (Å²) in [4.78, 5) is 4.67. The largest absolute Gasteiger partial charge is 0.316 e. The minimum atomic E-state index is 0.436. The molecule has 17 heavy (non-hydrogen) atoms. The number of fused-ring (bicyclic) bond motifs is 1. The van der Waals surface area contributed by atoms with Crippen LogP contribution in [0.1, 0.15) is 31.0 Å². The predicted molar refractivity (Wildman–Crippen MR) is 73.6 cm³/mol. The summed E-state index contributed by atoms with van der Waals surface area (Å²) in [5.74, 6) is 0.436. The van der Waals surface area contributed by atoms with Crippen molar-refractivity contribution in [3.05, 3.63) is 40.5 Å². The lowest BCUT2D eigenvalue weighted by atomic mass is 10.0. The van der Waals surface area contributed by atoms with E-state index in [9.17, 15) is 0 Å². The van der Waals surface area contributed by atoms with Crippen molar-refractivity contribution < 1.29 is 0 Å². The first-order valence-electron chi connectivity index (χ1n) is 5.85. The van der Waals surface area contributed by atoms with E-state index in [1.807, 2.05) is 25.2 Å². The van der Waals surface area contributed by atoms with Gasteiger partial charge in [-0.3, -0.25) is 4.98 Å². The van der Waals surface area contributed by atoms with E-state index in [2.05, 4.69) is 30.2 Å². The fourth-order valence-electron chi connectivity index (χ4n) is 1.92. The van der Waals surface area contributed by atoms with Crippen molar-refractivity contribution in [2.45, 2.75) is 26.3 Å². The van der Waals surface area contributed by atoms with Crippen LogP contribution < -0.4 is 5.32 Å². The standard InChI is InChI=1S/C14H17ClN2/c1-9(2)14-6-10(8-16-3)12-7-11(15)4-5-13(12)17-14/h4-7,9,16H,8H2,1-3H3. The van der Waals surface area contributed by atoms with Gasteiger partial charge in [-0.2, -0.15) is 0 Å². The fraction of sp³-hybridized carbons (Fsp3) is 0.357. The molecule has 1 aromatic heterocycles. The van der Waals surface area contributed by atoms with Crippen molar-refractivity contribution in [3.8, 4) is 0 Å². The quantitative estimate of drug-likeness (QED) is 0.895. The summed E-state index contributed by atoms with van der Waals surface area (Å²) < 4.78 is 0. The molecule has 2 aromatic rings. The highest BCUT2D eigenvalue weighted by Gasteiger charge is 2.08. The molecule has 2 rings (SSSR count). The molecule has 0 saturated carbocycles. The molecule has 0 aliphatic carbocycles. The number of nitrogens with one attached hydrogen (secondary N) is 1. The van der Waals surface area contributed by atoms with Crippen molar-refractivity contribution >= 4 is 22.5 Å².